The maximum atomic E-state index is 10.7. The Kier molecular flexibility index (Phi) is 4.44. The van der Waals surface area contributed by atoms with Gasteiger partial charge in [0.25, 0.3) is 0 Å². The molecule has 0 amide bonds. The van der Waals surface area contributed by atoms with Crippen molar-refractivity contribution in [3.05, 3.63) is 0 Å². The number of carboxylic acids is 1. The van der Waals surface area contributed by atoms with Crippen molar-refractivity contribution >= 4 is 33.4 Å². The standard InChI is InChI=1S/C5H6BrNO4/c1-11-7-4(5(9)10)3(8)2-6/h2H2,1H3,(H,9,10)/b7-4-. The lowest BCUT2D eigenvalue weighted by Gasteiger charge is -1.94. The summed E-state index contributed by atoms with van der Waals surface area (Å²) in [5, 5.41) is 11.3. The van der Waals surface area contributed by atoms with Crippen molar-refractivity contribution in [2.75, 3.05) is 12.4 Å². The van der Waals surface area contributed by atoms with Crippen molar-refractivity contribution in [1.29, 1.82) is 0 Å². The summed E-state index contributed by atoms with van der Waals surface area (Å²) < 4.78 is 0. The molecule has 0 heterocycles. The van der Waals surface area contributed by atoms with Gasteiger partial charge < -0.3 is 9.94 Å². The number of hydrogen-bond acceptors (Lipinski definition) is 4. The minimum absolute atomic E-state index is 0.0819. The number of rotatable bonds is 4. The zero-order valence-corrected chi connectivity index (χ0v) is 7.29. The highest BCUT2D eigenvalue weighted by Gasteiger charge is 2.18. The maximum Gasteiger partial charge on any atom is 0.361 e. The number of ketones is 1. The van der Waals surface area contributed by atoms with Crippen molar-refractivity contribution < 1.29 is 19.5 Å². The van der Waals surface area contributed by atoms with Crippen LogP contribution in [0.2, 0.25) is 0 Å². The summed E-state index contributed by atoms with van der Waals surface area (Å²) in [5.41, 5.74) is -0.607. The number of alkyl halides is 1. The summed E-state index contributed by atoms with van der Waals surface area (Å²) in [6.07, 6.45) is 0. The Labute approximate surface area is 71.1 Å². The van der Waals surface area contributed by atoms with Gasteiger partial charge in [-0.15, -0.1) is 0 Å². The first-order valence-corrected chi connectivity index (χ1v) is 3.69. The van der Waals surface area contributed by atoms with E-state index in [0.29, 0.717) is 0 Å². The van der Waals surface area contributed by atoms with E-state index in [4.69, 9.17) is 5.11 Å². The van der Waals surface area contributed by atoms with Crippen LogP contribution in [0.15, 0.2) is 5.16 Å². The number of nitrogens with zero attached hydrogens (tertiary/aromatic N) is 1. The number of oxime groups is 1. The third kappa shape index (κ3) is 3.13. The average Bonchev–Trinajstić information content (AvgIpc) is 1.98. The number of carboxylic acid groups (broad SMARTS) is 1. The molecule has 5 nitrogen and oxygen atoms in total. The van der Waals surface area contributed by atoms with E-state index in [1.807, 2.05) is 0 Å². The fraction of sp³-hybridized carbons (Fsp3) is 0.400. The van der Waals surface area contributed by atoms with E-state index >= 15 is 0 Å². The molecule has 6 heteroatoms. The molecular weight excluding hydrogens is 218 g/mol. The van der Waals surface area contributed by atoms with Gasteiger partial charge in [0, 0.05) is 0 Å². The van der Waals surface area contributed by atoms with Gasteiger partial charge in [-0.25, -0.2) is 4.79 Å². The quantitative estimate of drug-likeness (QED) is 0.316. The lowest BCUT2D eigenvalue weighted by molar-refractivity contribution is -0.130. The molecule has 0 aromatic carbocycles. The third-order valence-corrected chi connectivity index (χ3v) is 1.28. The number of carbonyl (C=O) groups is 2. The van der Waals surface area contributed by atoms with Gasteiger partial charge >= 0.3 is 5.97 Å². The van der Waals surface area contributed by atoms with Gasteiger partial charge in [0.2, 0.25) is 11.5 Å². The molecule has 0 aliphatic rings. The molecule has 0 unspecified atom stereocenters. The highest BCUT2D eigenvalue weighted by atomic mass is 79.9. The van der Waals surface area contributed by atoms with E-state index < -0.39 is 17.5 Å². The van der Waals surface area contributed by atoms with Gasteiger partial charge in [-0.05, 0) is 0 Å². The van der Waals surface area contributed by atoms with Crippen LogP contribution in [0.3, 0.4) is 0 Å². The summed E-state index contributed by atoms with van der Waals surface area (Å²) >= 11 is 2.80. The Morgan fingerprint density at radius 1 is 1.64 bits per heavy atom. The number of carbonyl (C=O) groups excluding carboxylic acids is 1. The van der Waals surface area contributed by atoms with E-state index in [1.54, 1.807) is 0 Å². The van der Waals surface area contributed by atoms with E-state index in [9.17, 15) is 9.59 Å². The van der Waals surface area contributed by atoms with E-state index in [1.165, 1.54) is 7.11 Å². The SMILES string of the molecule is CO/N=C(\C(=O)O)C(=O)CBr. The lowest BCUT2D eigenvalue weighted by atomic mass is 10.3. The predicted octanol–water partition coefficient (Wildman–Crippen LogP) is 0.0374. The molecule has 0 radical (unpaired) electrons. The van der Waals surface area contributed by atoms with Crippen molar-refractivity contribution in [2.24, 2.45) is 5.16 Å². The molecule has 0 fully saturated rings. The molecule has 62 valence electrons. The van der Waals surface area contributed by atoms with Crippen LogP contribution < -0.4 is 0 Å². The molecule has 0 aliphatic heterocycles. The second-order valence-corrected chi connectivity index (χ2v) is 2.05. The topological polar surface area (TPSA) is 76.0 Å². The first kappa shape index (κ1) is 10.1. The van der Waals surface area contributed by atoms with Gasteiger partial charge in [0.1, 0.15) is 7.11 Å². The van der Waals surface area contributed by atoms with Crippen LogP contribution in [0, 0.1) is 0 Å². The smallest absolute Gasteiger partial charge is 0.361 e. The molecule has 0 bridgehead atoms. The van der Waals surface area contributed by atoms with Crippen LogP contribution in [0.4, 0.5) is 0 Å². The van der Waals surface area contributed by atoms with Crippen molar-refractivity contribution in [3.63, 3.8) is 0 Å². The molecule has 0 rings (SSSR count). The highest BCUT2D eigenvalue weighted by Crippen LogP contribution is 1.89. The second-order valence-electron chi connectivity index (χ2n) is 1.48. The molecule has 11 heavy (non-hydrogen) atoms. The molecule has 0 saturated heterocycles. The Bertz CT molecular complexity index is 201. The summed E-state index contributed by atoms with van der Waals surface area (Å²) in [7, 11) is 1.17. The first-order chi connectivity index (χ1) is 5.13. The van der Waals surface area contributed by atoms with E-state index in [-0.39, 0.29) is 5.33 Å². The van der Waals surface area contributed by atoms with Gasteiger partial charge in [-0.2, -0.15) is 0 Å². The summed E-state index contributed by atoms with van der Waals surface area (Å²) in [4.78, 5) is 25.1. The fourth-order valence-corrected chi connectivity index (χ4v) is 0.629. The Morgan fingerprint density at radius 2 is 2.18 bits per heavy atom. The monoisotopic (exact) mass is 223 g/mol. The van der Waals surface area contributed by atoms with Gasteiger partial charge in [-0.3, -0.25) is 4.79 Å². The van der Waals surface area contributed by atoms with Crippen LogP contribution in [-0.4, -0.2) is 35.0 Å². The fourth-order valence-electron chi connectivity index (χ4n) is 0.364. The van der Waals surface area contributed by atoms with Gasteiger partial charge in [0.15, 0.2) is 0 Å². The minimum Gasteiger partial charge on any atom is -0.476 e. The number of hydrogen-bond donors (Lipinski definition) is 1. The molecular formula is C5H6BrNO4. The largest absolute Gasteiger partial charge is 0.476 e. The summed E-state index contributed by atoms with van der Waals surface area (Å²) in [6, 6.07) is 0. The normalized spacial score (nSPS) is 10.9. The molecule has 0 aliphatic carbocycles. The van der Waals surface area contributed by atoms with Crippen LogP contribution in [-0.2, 0) is 14.4 Å². The zero-order valence-electron chi connectivity index (χ0n) is 5.70. The Hall–Kier alpha value is -0.910. The summed E-state index contributed by atoms with van der Waals surface area (Å²) in [5.74, 6) is -2.02. The van der Waals surface area contributed by atoms with Crippen molar-refractivity contribution in [2.45, 2.75) is 0 Å². The summed E-state index contributed by atoms with van der Waals surface area (Å²) in [6.45, 7) is 0. The number of aliphatic carboxylic acids is 1. The molecule has 0 aromatic heterocycles. The average molecular weight is 224 g/mol. The zero-order chi connectivity index (χ0) is 8.85. The predicted molar refractivity (Wildman–Crippen MR) is 40.9 cm³/mol. The van der Waals surface area contributed by atoms with E-state index in [2.05, 4.69) is 25.9 Å². The van der Waals surface area contributed by atoms with Gasteiger partial charge in [0.05, 0.1) is 5.33 Å². The molecule has 1 N–H and O–H groups in total. The third-order valence-electron chi connectivity index (χ3n) is 0.771. The maximum absolute atomic E-state index is 10.7. The molecule has 0 saturated carbocycles. The van der Waals surface area contributed by atoms with E-state index in [0.717, 1.165) is 0 Å². The molecule has 0 aromatic rings. The van der Waals surface area contributed by atoms with Gasteiger partial charge in [-0.1, -0.05) is 21.1 Å². The van der Waals surface area contributed by atoms with Crippen molar-refractivity contribution in [3.8, 4) is 0 Å². The van der Waals surface area contributed by atoms with Crippen LogP contribution in [0.25, 0.3) is 0 Å². The van der Waals surface area contributed by atoms with Crippen LogP contribution in [0.5, 0.6) is 0 Å². The second kappa shape index (κ2) is 4.84. The highest BCUT2D eigenvalue weighted by molar-refractivity contribution is 9.09. The van der Waals surface area contributed by atoms with Crippen molar-refractivity contribution in [1.82, 2.24) is 0 Å². The number of Topliss-reactive ketones (excluding diaryl/α,β-unsaturated/α-hetero) is 1. The molecule has 0 spiro atoms. The van der Waals surface area contributed by atoms with Crippen LogP contribution >= 0.6 is 15.9 Å². The number of halogens is 1. The minimum atomic E-state index is -1.39. The lowest BCUT2D eigenvalue weighted by Crippen LogP contribution is -2.24. The molecule has 0 atom stereocenters. The Balaban J connectivity index is 4.48. The Morgan fingerprint density at radius 3 is 2.45 bits per heavy atom. The first-order valence-electron chi connectivity index (χ1n) is 2.57. The van der Waals surface area contributed by atoms with Crippen LogP contribution in [0.1, 0.15) is 0 Å².